The molecule has 0 aromatic rings. The molecule has 1 rings (SSSR count). The minimum absolute atomic E-state index is 0.164. The Bertz CT molecular complexity index is 686. The molecule has 9 heteroatoms. The predicted molar refractivity (Wildman–Crippen MR) is 121 cm³/mol. The van der Waals surface area contributed by atoms with E-state index < -0.39 is 41.7 Å². The smallest absolute Gasteiger partial charge is 0.410 e. The number of carbonyl (C=O) groups is 4. The van der Waals surface area contributed by atoms with Gasteiger partial charge in [-0.3, -0.25) is 14.5 Å². The van der Waals surface area contributed by atoms with Crippen molar-refractivity contribution in [3.05, 3.63) is 0 Å². The third kappa shape index (κ3) is 7.67. The molecule has 1 unspecified atom stereocenters. The lowest BCUT2D eigenvalue weighted by Crippen LogP contribution is -2.57. The van der Waals surface area contributed by atoms with Crippen molar-refractivity contribution in [3.8, 4) is 0 Å². The number of nitrogens with zero attached hydrogens (tertiary/aromatic N) is 2. The molecule has 1 fully saturated rings. The van der Waals surface area contributed by atoms with Crippen molar-refractivity contribution in [2.24, 2.45) is 11.8 Å². The lowest BCUT2D eigenvalue weighted by molar-refractivity contribution is -0.148. The first-order chi connectivity index (χ1) is 14.7. The molecule has 0 aromatic heterocycles. The molecule has 1 saturated heterocycles. The zero-order valence-corrected chi connectivity index (χ0v) is 21.1. The molecule has 0 aliphatic carbocycles. The van der Waals surface area contributed by atoms with E-state index in [2.05, 4.69) is 5.32 Å². The topological polar surface area (TPSA) is 105 Å². The second kappa shape index (κ2) is 11.5. The molecule has 0 bridgehead atoms. The van der Waals surface area contributed by atoms with Crippen LogP contribution in [-0.4, -0.2) is 78.1 Å². The van der Waals surface area contributed by atoms with Gasteiger partial charge in [-0.2, -0.15) is 0 Å². The Morgan fingerprint density at radius 3 is 2.19 bits per heavy atom. The van der Waals surface area contributed by atoms with Crippen molar-refractivity contribution in [2.75, 3.05) is 20.7 Å². The number of hydrogen-bond acceptors (Lipinski definition) is 6. The summed E-state index contributed by atoms with van der Waals surface area (Å²) in [5, 5.41) is 2.76. The summed E-state index contributed by atoms with van der Waals surface area (Å²) < 4.78 is 10.3. The third-order valence-electron chi connectivity index (χ3n) is 5.34. The van der Waals surface area contributed by atoms with Gasteiger partial charge in [0.05, 0.1) is 7.11 Å². The van der Waals surface area contributed by atoms with Crippen LogP contribution in [0.25, 0.3) is 0 Å². The predicted octanol–water partition coefficient (Wildman–Crippen LogP) is 2.57. The number of likely N-dealkylation sites (tertiary alicyclic amines) is 1. The highest BCUT2D eigenvalue weighted by Crippen LogP contribution is 2.24. The van der Waals surface area contributed by atoms with Crippen LogP contribution in [0.5, 0.6) is 0 Å². The molecule has 0 saturated carbocycles. The minimum Gasteiger partial charge on any atom is -0.467 e. The van der Waals surface area contributed by atoms with Gasteiger partial charge in [0.15, 0.2) is 0 Å². The lowest BCUT2D eigenvalue weighted by atomic mass is 9.98. The number of ether oxygens (including phenoxy) is 2. The first-order valence-electron chi connectivity index (χ1n) is 11.3. The van der Waals surface area contributed by atoms with Crippen molar-refractivity contribution in [2.45, 2.75) is 91.5 Å². The number of likely N-dealkylation sites (N-methyl/N-ethyl adjacent to an activating group) is 1. The van der Waals surface area contributed by atoms with E-state index in [0.29, 0.717) is 25.8 Å². The molecule has 0 radical (unpaired) electrons. The zero-order valence-electron chi connectivity index (χ0n) is 21.1. The minimum atomic E-state index is -0.803. The molecular formula is C23H41N3O6. The van der Waals surface area contributed by atoms with Crippen molar-refractivity contribution < 1.29 is 28.7 Å². The highest BCUT2D eigenvalue weighted by atomic mass is 16.6. The molecule has 32 heavy (non-hydrogen) atoms. The van der Waals surface area contributed by atoms with Gasteiger partial charge >= 0.3 is 12.1 Å². The van der Waals surface area contributed by atoms with Gasteiger partial charge < -0.3 is 19.7 Å². The molecule has 1 aliphatic rings. The fourth-order valence-electron chi connectivity index (χ4n) is 3.95. The van der Waals surface area contributed by atoms with E-state index in [0.717, 1.165) is 0 Å². The fourth-order valence-corrected chi connectivity index (χ4v) is 3.95. The number of esters is 1. The Balaban J connectivity index is 3.02. The molecule has 3 amide bonds. The zero-order chi connectivity index (χ0) is 24.8. The Labute approximate surface area is 192 Å². The number of amides is 3. The molecule has 184 valence electrons. The SMILES string of the molecule is COC(=O)[C@H](CC(C)C)NC(=O)C(C(C)C)N(C)C(=O)[C@@H]1CCCN1C(=O)OC(C)(C)C. The lowest BCUT2D eigenvalue weighted by Gasteiger charge is -2.35. The fraction of sp³-hybridized carbons (Fsp3) is 0.826. The maximum atomic E-state index is 13.3. The van der Waals surface area contributed by atoms with E-state index in [9.17, 15) is 19.2 Å². The molecule has 1 heterocycles. The van der Waals surface area contributed by atoms with Crippen LogP contribution in [0.2, 0.25) is 0 Å². The summed E-state index contributed by atoms with van der Waals surface area (Å²) in [4.78, 5) is 54.0. The molecule has 0 aromatic carbocycles. The second-order valence-corrected chi connectivity index (χ2v) is 10.2. The number of rotatable bonds is 8. The second-order valence-electron chi connectivity index (χ2n) is 10.2. The van der Waals surface area contributed by atoms with E-state index in [1.54, 1.807) is 27.8 Å². The average Bonchev–Trinajstić information content (AvgIpc) is 3.14. The van der Waals surface area contributed by atoms with Gasteiger partial charge in [0.2, 0.25) is 11.8 Å². The van der Waals surface area contributed by atoms with Crippen molar-refractivity contribution in [1.82, 2.24) is 15.1 Å². The normalized spacial score (nSPS) is 18.3. The number of hydrogen-bond donors (Lipinski definition) is 1. The van der Waals surface area contributed by atoms with Crippen LogP contribution in [0.1, 0.15) is 67.7 Å². The third-order valence-corrected chi connectivity index (χ3v) is 5.34. The molecule has 9 nitrogen and oxygen atoms in total. The summed E-state index contributed by atoms with van der Waals surface area (Å²) in [6.45, 7) is 13.3. The number of nitrogens with one attached hydrogen (secondary N) is 1. The van der Waals surface area contributed by atoms with Crippen molar-refractivity contribution >= 4 is 23.9 Å². The quantitative estimate of drug-likeness (QED) is 0.564. The molecule has 3 atom stereocenters. The van der Waals surface area contributed by atoms with Gasteiger partial charge in [-0.25, -0.2) is 9.59 Å². The summed E-state index contributed by atoms with van der Waals surface area (Å²) in [5.41, 5.74) is -0.668. The number of carbonyl (C=O) groups excluding carboxylic acids is 4. The Morgan fingerprint density at radius 1 is 1.12 bits per heavy atom. The standard InChI is InChI=1S/C23H41N3O6/c1-14(2)13-16(21(29)31-9)24-19(27)18(15(3)4)25(8)20(28)17-11-10-12-26(17)22(30)32-23(5,6)7/h14-18H,10-13H2,1-9H3,(H,24,27)/t16-,17-,18?/m0/s1. The Kier molecular flexibility index (Phi) is 9.97. The summed E-state index contributed by atoms with van der Waals surface area (Å²) in [6, 6.07) is -2.28. The van der Waals surface area contributed by atoms with Crippen LogP contribution >= 0.6 is 0 Å². The largest absolute Gasteiger partial charge is 0.467 e. The van der Waals surface area contributed by atoms with Crippen LogP contribution in [0.3, 0.4) is 0 Å². The summed E-state index contributed by atoms with van der Waals surface area (Å²) in [7, 11) is 2.84. The van der Waals surface area contributed by atoms with E-state index >= 15 is 0 Å². The highest BCUT2D eigenvalue weighted by Gasteiger charge is 2.41. The Hall–Kier alpha value is -2.32. The number of methoxy groups -OCH3 is 1. The van der Waals surface area contributed by atoms with Crippen LogP contribution in [0, 0.1) is 11.8 Å². The van der Waals surface area contributed by atoms with Crippen LogP contribution < -0.4 is 5.32 Å². The van der Waals surface area contributed by atoms with Gasteiger partial charge in [-0.15, -0.1) is 0 Å². The first kappa shape index (κ1) is 27.7. The molecule has 1 N–H and O–H groups in total. The Morgan fingerprint density at radius 2 is 1.72 bits per heavy atom. The summed E-state index contributed by atoms with van der Waals surface area (Å²) in [6.07, 6.45) is 1.08. The van der Waals surface area contributed by atoms with Crippen LogP contribution in [-0.2, 0) is 23.9 Å². The maximum absolute atomic E-state index is 13.3. The summed E-state index contributed by atoms with van der Waals surface area (Å²) >= 11 is 0. The maximum Gasteiger partial charge on any atom is 0.410 e. The van der Waals surface area contributed by atoms with E-state index in [4.69, 9.17) is 9.47 Å². The van der Waals surface area contributed by atoms with Crippen molar-refractivity contribution in [1.29, 1.82) is 0 Å². The van der Waals surface area contributed by atoms with E-state index in [1.165, 1.54) is 16.9 Å². The van der Waals surface area contributed by atoms with Crippen molar-refractivity contribution in [3.63, 3.8) is 0 Å². The van der Waals surface area contributed by atoms with Crippen LogP contribution in [0.15, 0.2) is 0 Å². The van der Waals surface area contributed by atoms with E-state index in [1.807, 2.05) is 27.7 Å². The monoisotopic (exact) mass is 455 g/mol. The molecule has 1 aliphatic heterocycles. The van der Waals surface area contributed by atoms with Gasteiger partial charge in [-0.1, -0.05) is 27.7 Å². The van der Waals surface area contributed by atoms with Gasteiger partial charge in [0, 0.05) is 13.6 Å². The molecule has 0 spiro atoms. The highest BCUT2D eigenvalue weighted by molar-refractivity contribution is 5.93. The van der Waals surface area contributed by atoms with E-state index in [-0.39, 0.29) is 17.7 Å². The average molecular weight is 456 g/mol. The van der Waals surface area contributed by atoms with Gasteiger partial charge in [0.1, 0.15) is 23.7 Å². The first-order valence-corrected chi connectivity index (χ1v) is 11.3. The molecular weight excluding hydrogens is 414 g/mol. The van der Waals surface area contributed by atoms with Crippen LogP contribution in [0.4, 0.5) is 4.79 Å². The van der Waals surface area contributed by atoms with Gasteiger partial charge in [0.25, 0.3) is 0 Å². The summed E-state index contributed by atoms with van der Waals surface area (Å²) in [5.74, 6) is -1.31. The van der Waals surface area contributed by atoms with Gasteiger partial charge in [-0.05, 0) is 51.9 Å².